The zero-order chi connectivity index (χ0) is 19.3. The number of fused-ring (bicyclic) bond motifs is 1. The lowest BCUT2D eigenvalue weighted by Gasteiger charge is -2.22. The highest BCUT2D eigenvalue weighted by Crippen LogP contribution is 2.39. The van der Waals surface area contributed by atoms with Gasteiger partial charge in [0.25, 0.3) is 0 Å². The molecule has 3 aromatic rings. The molecule has 0 fully saturated rings. The molecule has 1 aromatic carbocycles. The van der Waals surface area contributed by atoms with E-state index in [0.717, 1.165) is 5.56 Å². The van der Waals surface area contributed by atoms with Crippen molar-refractivity contribution in [3.8, 4) is 0 Å². The fourth-order valence-corrected chi connectivity index (χ4v) is 3.74. The molecule has 1 unspecified atom stereocenters. The number of carboxylic acid groups (broad SMARTS) is 1. The van der Waals surface area contributed by atoms with Gasteiger partial charge in [0.05, 0.1) is 21.3 Å². The van der Waals surface area contributed by atoms with Gasteiger partial charge in [0.15, 0.2) is 11.4 Å². The van der Waals surface area contributed by atoms with Crippen LogP contribution in [0.2, 0.25) is 10.0 Å². The van der Waals surface area contributed by atoms with E-state index in [9.17, 15) is 14.3 Å². The highest BCUT2D eigenvalue weighted by molar-refractivity contribution is 6.35. The molecule has 0 radical (unpaired) electrons. The van der Waals surface area contributed by atoms with Crippen molar-refractivity contribution in [2.24, 2.45) is 5.16 Å². The van der Waals surface area contributed by atoms with Crippen LogP contribution in [-0.2, 0) is 10.4 Å². The number of carbonyl (C=O) groups is 1. The molecule has 4 rings (SSSR count). The smallest absolute Gasteiger partial charge is 0.352 e. The van der Waals surface area contributed by atoms with E-state index < -0.39 is 17.4 Å². The molecule has 3 heterocycles. The predicted octanol–water partition coefficient (Wildman–Crippen LogP) is 5.12. The first kappa shape index (κ1) is 17.8. The van der Waals surface area contributed by atoms with Crippen LogP contribution in [0.25, 0.3) is 5.52 Å². The van der Waals surface area contributed by atoms with Gasteiger partial charge in [0.1, 0.15) is 5.69 Å². The summed E-state index contributed by atoms with van der Waals surface area (Å²) in [5, 5.41) is 13.4. The Morgan fingerprint density at radius 2 is 2.00 bits per heavy atom. The Labute approximate surface area is 163 Å². The number of benzene rings is 1. The third kappa shape index (κ3) is 2.85. The second kappa shape index (κ2) is 6.25. The summed E-state index contributed by atoms with van der Waals surface area (Å²) >= 11 is 11.8. The average molecular weight is 407 g/mol. The Bertz CT molecular complexity index is 1100. The summed E-state index contributed by atoms with van der Waals surface area (Å²) in [4.78, 5) is 17.1. The quantitative estimate of drug-likeness (QED) is 0.613. The number of nitrogens with zero attached hydrogens (tertiary/aromatic N) is 2. The summed E-state index contributed by atoms with van der Waals surface area (Å²) in [7, 11) is 0. The van der Waals surface area contributed by atoms with Gasteiger partial charge in [-0.1, -0.05) is 28.4 Å². The zero-order valence-electron chi connectivity index (χ0n) is 14.0. The van der Waals surface area contributed by atoms with Crippen molar-refractivity contribution >= 4 is 40.4 Å². The molecule has 2 aromatic heterocycles. The van der Waals surface area contributed by atoms with Crippen molar-refractivity contribution < 1.29 is 19.1 Å². The van der Waals surface area contributed by atoms with Crippen LogP contribution < -0.4 is 0 Å². The highest BCUT2D eigenvalue weighted by Gasteiger charge is 2.38. The normalized spacial score (nSPS) is 19.2. The second-order valence-electron chi connectivity index (χ2n) is 6.49. The monoisotopic (exact) mass is 406 g/mol. The van der Waals surface area contributed by atoms with Crippen LogP contribution >= 0.6 is 23.2 Å². The van der Waals surface area contributed by atoms with Gasteiger partial charge in [-0.3, -0.25) is 0 Å². The number of oxime groups is 1. The first-order chi connectivity index (χ1) is 12.8. The molecule has 5 nitrogen and oxygen atoms in total. The van der Waals surface area contributed by atoms with Gasteiger partial charge < -0.3 is 14.3 Å². The summed E-state index contributed by atoms with van der Waals surface area (Å²) in [5.74, 6) is -1.70. The first-order valence-corrected chi connectivity index (χ1v) is 8.79. The van der Waals surface area contributed by atoms with E-state index in [-0.39, 0.29) is 15.7 Å². The highest BCUT2D eigenvalue weighted by atomic mass is 35.5. The molecule has 0 amide bonds. The fourth-order valence-electron chi connectivity index (χ4n) is 3.26. The molecule has 1 aliphatic heterocycles. The van der Waals surface area contributed by atoms with Crippen molar-refractivity contribution in [1.82, 2.24) is 4.40 Å². The molecular weight excluding hydrogens is 394 g/mol. The SMILES string of the molecule is CC1(c2cc(Cl)c(F)c(Cl)c2)CC(c2ccc(C(=O)O)n3cccc23)=NO1. The van der Waals surface area contributed by atoms with E-state index in [1.165, 1.54) is 18.2 Å². The van der Waals surface area contributed by atoms with E-state index in [0.29, 0.717) is 23.2 Å². The lowest BCUT2D eigenvalue weighted by atomic mass is 9.89. The molecule has 0 saturated heterocycles. The van der Waals surface area contributed by atoms with E-state index in [4.69, 9.17) is 28.0 Å². The fraction of sp³-hybridized carbons (Fsp3) is 0.158. The number of pyridine rings is 1. The minimum absolute atomic E-state index is 0.0874. The maximum Gasteiger partial charge on any atom is 0.352 e. The molecule has 0 aliphatic carbocycles. The number of rotatable bonds is 3. The van der Waals surface area contributed by atoms with Crippen molar-refractivity contribution in [2.45, 2.75) is 18.9 Å². The molecule has 0 saturated carbocycles. The minimum Gasteiger partial charge on any atom is -0.477 e. The summed E-state index contributed by atoms with van der Waals surface area (Å²) < 4.78 is 15.3. The molecular formula is C19H13Cl2FN2O3. The van der Waals surface area contributed by atoms with Gasteiger partial charge in [-0.05, 0) is 43.3 Å². The topological polar surface area (TPSA) is 63.3 Å². The molecule has 1 aliphatic rings. The number of carboxylic acids is 1. The molecule has 8 heteroatoms. The van der Waals surface area contributed by atoms with Crippen molar-refractivity contribution in [3.63, 3.8) is 0 Å². The van der Waals surface area contributed by atoms with Gasteiger partial charge in [-0.2, -0.15) is 0 Å². The zero-order valence-corrected chi connectivity index (χ0v) is 15.6. The maximum atomic E-state index is 13.7. The predicted molar refractivity (Wildman–Crippen MR) is 100 cm³/mol. The summed E-state index contributed by atoms with van der Waals surface area (Å²) in [6, 6.07) is 9.75. The van der Waals surface area contributed by atoms with Crippen LogP contribution in [-0.4, -0.2) is 21.2 Å². The average Bonchev–Trinajstić information content (AvgIpc) is 3.26. The molecule has 0 bridgehead atoms. The Morgan fingerprint density at radius 3 is 2.67 bits per heavy atom. The standard InChI is InChI=1S/C19H13Cl2FN2O3/c1-19(10-7-12(20)17(22)13(21)8-10)9-14(23-27-19)11-4-5-16(18(25)26)24-6-2-3-15(11)24/h2-8H,9H2,1H3,(H,25,26). The minimum atomic E-state index is -1.02. The lowest BCUT2D eigenvalue weighted by Crippen LogP contribution is -2.22. The van der Waals surface area contributed by atoms with E-state index in [2.05, 4.69) is 5.16 Å². The number of hydrogen-bond acceptors (Lipinski definition) is 3. The van der Waals surface area contributed by atoms with E-state index >= 15 is 0 Å². The number of hydrogen-bond donors (Lipinski definition) is 1. The summed E-state index contributed by atoms with van der Waals surface area (Å²) in [5.41, 5.74) is 1.99. The summed E-state index contributed by atoms with van der Waals surface area (Å²) in [6.45, 7) is 1.81. The molecule has 1 atom stereocenters. The molecule has 1 N–H and O–H groups in total. The van der Waals surface area contributed by atoms with Crippen LogP contribution in [0, 0.1) is 5.82 Å². The second-order valence-corrected chi connectivity index (χ2v) is 7.31. The van der Waals surface area contributed by atoms with Crippen molar-refractivity contribution in [3.05, 3.63) is 75.3 Å². The van der Waals surface area contributed by atoms with Crippen LogP contribution in [0.4, 0.5) is 4.39 Å². The number of aromatic nitrogens is 1. The Morgan fingerprint density at radius 1 is 1.30 bits per heavy atom. The van der Waals surface area contributed by atoms with E-state index in [1.54, 1.807) is 22.7 Å². The van der Waals surface area contributed by atoms with E-state index in [1.807, 2.05) is 13.0 Å². The van der Waals surface area contributed by atoms with Crippen LogP contribution in [0.3, 0.4) is 0 Å². The van der Waals surface area contributed by atoms with Crippen molar-refractivity contribution in [1.29, 1.82) is 0 Å². The lowest BCUT2D eigenvalue weighted by molar-refractivity contribution is -0.00742. The van der Waals surface area contributed by atoms with Gasteiger partial charge in [0, 0.05) is 23.7 Å². The Kier molecular flexibility index (Phi) is 4.13. The summed E-state index contributed by atoms with van der Waals surface area (Å²) in [6.07, 6.45) is 2.07. The van der Waals surface area contributed by atoms with Gasteiger partial charge in [-0.25, -0.2) is 9.18 Å². The largest absolute Gasteiger partial charge is 0.477 e. The number of aromatic carboxylic acids is 1. The van der Waals surface area contributed by atoms with Crippen LogP contribution in [0.1, 0.15) is 35.0 Å². The van der Waals surface area contributed by atoms with Gasteiger partial charge in [0.2, 0.25) is 0 Å². The Balaban J connectivity index is 1.73. The molecule has 0 spiro atoms. The van der Waals surface area contributed by atoms with Crippen LogP contribution in [0.5, 0.6) is 0 Å². The third-order valence-electron chi connectivity index (χ3n) is 4.68. The van der Waals surface area contributed by atoms with Crippen molar-refractivity contribution in [2.75, 3.05) is 0 Å². The number of halogens is 3. The van der Waals surface area contributed by atoms with Gasteiger partial charge in [-0.15, -0.1) is 0 Å². The molecule has 138 valence electrons. The van der Waals surface area contributed by atoms with Crippen LogP contribution in [0.15, 0.2) is 47.8 Å². The third-order valence-corrected chi connectivity index (χ3v) is 5.23. The molecule has 27 heavy (non-hydrogen) atoms. The van der Waals surface area contributed by atoms with Gasteiger partial charge >= 0.3 is 5.97 Å². The maximum absolute atomic E-state index is 13.7. The Hall–Kier alpha value is -2.57. The first-order valence-electron chi connectivity index (χ1n) is 8.04.